The molecule has 2 N–H and O–H groups in total. The van der Waals surface area contributed by atoms with Crippen molar-refractivity contribution in [3.05, 3.63) is 84.1 Å². The van der Waals surface area contributed by atoms with Crippen molar-refractivity contribution in [2.75, 3.05) is 13.2 Å². The second kappa shape index (κ2) is 7.75. The van der Waals surface area contributed by atoms with Gasteiger partial charge in [-0.2, -0.15) is 0 Å². The molecule has 0 saturated carbocycles. The third kappa shape index (κ3) is 3.39. The third-order valence-corrected chi connectivity index (χ3v) is 4.83. The fourth-order valence-corrected chi connectivity index (χ4v) is 3.36. The number of aromatic hydroxyl groups is 1. The van der Waals surface area contributed by atoms with Crippen LogP contribution < -0.4 is 0 Å². The Labute approximate surface area is 172 Å². The van der Waals surface area contributed by atoms with E-state index in [0.29, 0.717) is 35.9 Å². The maximum atomic E-state index is 11.0. The highest BCUT2D eigenvalue weighted by Crippen LogP contribution is 2.38. The van der Waals surface area contributed by atoms with Crippen LogP contribution in [0.25, 0.3) is 33.9 Å². The average Bonchev–Trinajstić information content (AvgIpc) is 3.36. The first kappa shape index (κ1) is 18.0. The van der Waals surface area contributed by atoms with Crippen LogP contribution in [0.4, 0.5) is 0 Å². The van der Waals surface area contributed by atoms with Crippen molar-refractivity contribution in [1.82, 2.24) is 9.97 Å². The molecule has 2 aromatic carbocycles. The van der Waals surface area contributed by atoms with Crippen LogP contribution in [0, 0.1) is 0 Å². The molecule has 2 aromatic heterocycles. The second-order valence-electron chi connectivity index (χ2n) is 6.83. The average molecular weight is 397 g/mol. The Hall–Kier alpha value is -4.06. The maximum absolute atomic E-state index is 11.0. The van der Waals surface area contributed by atoms with Gasteiger partial charge in [0.05, 0.1) is 17.8 Å². The molecule has 1 aliphatic heterocycles. The predicted octanol–water partition coefficient (Wildman–Crippen LogP) is 5.08. The minimum atomic E-state index is 0.0441. The number of para-hydroxylation sites is 2. The van der Waals surface area contributed by atoms with Gasteiger partial charge in [0.25, 0.3) is 0 Å². The zero-order valence-corrected chi connectivity index (χ0v) is 16.1. The Morgan fingerprint density at radius 2 is 1.90 bits per heavy atom. The molecule has 0 radical (unpaired) electrons. The first-order valence-corrected chi connectivity index (χ1v) is 9.64. The lowest BCUT2D eigenvalue weighted by Crippen LogP contribution is -2.00. The van der Waals surface area contributed by atoms with E-state index in [4.69, 9.17) is 9.15 Å². The number of hydrogen-bond acceptors (Lipinski definition) is 5. The van der Waals surface area contributed by atoms with E-state index in [1.165, 1.54) is 0 Å². The quantitative estimate of drug-likeness (QED) is 0.460. The molecule has 6 heteroatoms. The fourth-order valence-electron chi connectivity index (χ4n) is 3.36. The number of aromatic nitrogens is 2. The third-order valence-electron chi connectivity index (χ3n) is 4.83. The molecule has 0 atom stereocenters. The summed E-state index contributed by atoms with van der Waals surface area (Å²) in [6.45, 7) is 0.940. The SMILES string of the molecule is Oc1c(-c2nc3ccccc3o2)[nH]c(-c2ccccc2)c1C=NCC1=CC=CCO1. The van der Waals surface area contributed by atoms with Crippen LogP contribution >= 0.6 is 0 Å². The second-order valence-corrected chi connectivity index (χ2v) is 6.83. The Morgan fingerprint density at radius 3 is 2.70 bits per heavy atom. The number of ether oxygens (including phenoxy) is 1. The van der Waals surface area contributed by atoms with Crippen LogP contribution in [0.3, 0.4) is 0 Å². The molecule has 30 heavy (non-hydrogen) atoms. The van der Waals surface area contributed by atoms with Gasteiger partial charge in [-0.05, 0) is 29.8 Å². The minimum Gasteiger partial charge on any atom is -0.505 e. The predicted molar refractivity (Wildman–Crippen MR) is 117 cm³/mol. The zero-order valence-electron chi connectivity index (χ0n) is 16.1. The van der Waals surface area contributed by atoms with E-state index in [1.807, 2.05) is 72.8 Å². The molecule has 4 aromatic rings. The van der Waals surface area contributed by atoms with Crippen LogP contribution in [0.2, 0.25) is 0 Å². The van der Waals surface area contributed by atoms with Gasteiger partial charge in [0.1, 0.15) is 23.6 Å². The Kier molecular flexibility index (Phi) is 4.65. The van der Waals surface area contributed by atoms with Crippen molar-refractivity contribution >= 4 is 17.3 Å². The van der Waals surface area contributed by atoms with Crippen LogP contribution in [-0.4, -0.2) is 34.4 Å². The summed E-state index contributed by atoms with van der Waals surface area (Å²) in [4.78, 5) is 12.3. The number of allylic oxidation sites excluding steroid dienone is 2. The summed E-state index contributed by atoms with van der Waals surface area (Å²) >= 11 is 0. The summed E-state index contributed by atoms with van der Waals surface area (Å²) in [5.74, 6) is 1.15. The molecule has 6 nitrogen and oxygen atoms in total. The van der Waals surface area contributed by atoms with Crippen molar-refractivity contribution in [3.8, 4) is 28.6 Å². The topological polar surface area (TPSA) is 83.6 Å². The molecule has 3 heterocycles. The number of rotatable bonds is 5. The van der Waals surface area contributed by atoms with Gasteiger partial charge in [-0.3, -0.25) is 4.99 Å². The molecule has 0 saturated heterocycles. The highest BCUT2D eigenvalue weighted by atomic mass is 16.5. The van der Waals surface area contributed by atoms with Gasteiger partial charge in [-0.15, -0.1) is 0 Å². The monoisotopic (exact) mass is 397 g/mol. The van der Waals surface area contributed by atoms with Gasteiger partial charge >= 0.3 is 0 Å². The van der Waals surface area contributed by atoms with Crippen molar-refractivity contribution in [2.24, 2.45) is 4.99 Å². The lowest BCUT2D eigenvalue weighted by Gasteiger charge is -2.08. The number of nitrogens with zero attached hydrogens (tertiary/aromatic N) is 2. The molecule has 0 bridgehead atoms. The highest BCUT2D eigenvalue weighted by molar-refractivity contribution is 5.96. The van der Waals surface area contributed by atoms with Gasteiger partial charge in [0, 0.05) is 6.21 Å². The molecule has 0 aliphatic carbocycles. The van der Waals surface area contributed by atoms with E-state index in [0.717, 1.165) is 22.5 Å². The number of aliphatic imine (C=N–C) groups is 1. The van der Waals surface area contributed by atoms with E-state index in [9.17, 15) is 5.11 Å². The molecular formula is C24H19N3O3. The van der Waals surface area contributed by atoms with Gasteiger partial charge in [-0.1, -0.05) is 48.5 Å². The zero-order chi connectivity index (χ0) is 20.3. The summed E-state index contributed by atoms with van der Waals surface area (Å²) in [5, 5.41) is 11.0. The standard InChI is InChI=1S/C24H19N3O3/c28-23-18(15-25-14-17-10-6-7-13-29-17)21(16-8-2-1-3-9-16)27-22(23)24-26-19-11-4-5-12-20(19)30-24/h1-12,15,27-28H,13-14H2. The van der Waals surface area contributed by atoms with Crippen molar-refractivity contribution in [2.45, 2.75) is 0 Å². The summed E-state index contributed by atoms with van der Waals surface area (Å²) in [7, 11) is 0. The number of benzene rings is 2. The number of fused-ring (bicyclic) bond motifs is 1. The van der Waals surface area contributed by atoms with Crippen LogP contribution in [0.1, 0.15) is 5.56 Å². The van der Waals surface area contributed by atoms with E-state index in [-0.39, 0.29) is 5.75 Å². The van der Waals surface area contributed by atoms with Crippen molar-refractivity contribution < 1.29 is 14.3 Å². The van der Waals surface area contributed by atoms with E-state index < -0.39 is 0 Å². The number of nitrogens with one attached hydrogen (secondary N) is 1. The molecule has 0 amide bonds. The van der Waals surface area contributed by atoms with Crippen LogP contribution in [0.15, 0.2) is 88.0 Å². The molecule has 0 fully saturated rings. The lowest BCUT2D eigenvalue weighted by molar-refractivity contribution is 0.240. The fraction of sp³-hybridized carbons (Fsp3) is 0.0833. The van der Waals surface area contributed by atoms with E-state index in [2.05, 4.69) is 15.0 Å². The number of oxazole rings is 1. The van der Waals surface area contributed by atoms with Crippen molar-refractivity contribution in [3.63, 3.8) is 0 Å². The summed E-state index contributed by atoms with van der Waals surface area (Å²) < 4.78 is 11.4. The first-order valence-electron chi connectivity index (χ1n) is 9.64. The molecule has 1 aliphatic rings. The van der Waals surface area contributed by atoms with Gasteiger partial charge < -0.3 is 19.2 Å². The van der Waals surface area contributed by atoms with Gasteiger partial charge in [0.15, 0.2) is 11.3 Å². The minimum absolute atomic E-state index is 0.0441. The lowest BCUT2D eigenvalue weighted by atomic mass is 10.1. The van der Waals surface area contributed by atoms with E-state index in [1.54, 1.807) is 6.21 Å². The van der Waals surface area contributed by atoms with Gasteiger partial charge in [-0.25, -0.2) is 4.98 Å². The number of hydrogen-bond donors (Lipinski definition) is 2. The van der Waals surface area contributed by atoms with Gasteiger partial charge in [0.2, 0.25) is 5.89 Å². The summed E-state index contributed by atoms with van der Waals surface area (Å²) in [5.41, 5.74) is 4.05. The van der Waals surface area contributed by atoms with E-state index >= 15 is 0 Å². The largest absolute Gasteiger partial charge is 0.505 e. The molecule has 0 unspecified atom stereocenters. The summed E-state index contributed by atoms with van der Waals surface area (Å²) in [6, 6.07) is 17.3. The number of aromatic amines is 1. The molecular weight excluding hydrogens is 378 g/mol. The van der Waals surface area contributed by atoms with Crippen LogP contribution in [-0.2, 0) is 4.74 Å². The molecule has 0 spiro atoms. The Balaban J connectivity index is 1.57. The normalized spacial score (nSPS) is 13.7. The number of H-pyrrole nitrogens is 1. The van der Waals surface area contributed by atoms with Crippen LogP contribution in [0.5, 0.6) is 5.75 Å². The summed E-state index contributed by atoms with van der Waals surface area (Å²) in [6.07, 6.45) is 7.43. The molecule has 5 rings (SSSR count). The Morgan fingerprint density at radius 1 is 1.07 bits per heavy atom. The smallest absolute Gasteiger partial charge is 0.247 e. The Bertz CT molecular complexity index is 1250. The maximum Gasteiger partial charge on any atom is 0.247 e. The molecule has 148 valence electrons. The highest BCUT2D eigenvalue weighted by Gasteiger charge is 2.21. The first-order chi connectivity index (χ1) is 14.8. The van der Waals surface area contributed by atoms with Crippen molar-refractivity contribution in [1.29, 1.82) is 0 Å².